The van der Waals surface area contributed by atoms with Crippen molar-refractivity contribution in [3.8, 4) is 0 Å². The minimum atomic E-state index is 0.0436. The van der Waals surface area contributed by atoms with Gasteiger partial charge in [0.05, 0.1) is 12.0 Å². The predicted molar refractivity (Wildman–Crippen MR) is 81.5 cm³/mol. The second kappa shape index (κ2) is 4.30. The largest absolute Gasteiger partial charge is 0.324 e. The van der Waals surface area contributed by atoms with Crippen molar-refractivity contribution in [1.29, 1.82) is 0 Å². The van der Waals surface area contributed by atoms with Gasteiger partial charge in [-0.2, -0.15) is 0 Å². The van der Waals surface area contributed by atoms with Gasteiger partial charge in [-0.1, -0.05) is 38.1 Å². The molecule has 4 rings (SSSR count). The highest BCUT2D eigenvalue weighted by atomic mass is 16.1. The lowest BCUT2D eigenvalue weighted by molar-refractivity contribution is 0.0898. The van der Waals surface area contributed by atoms with E-state index < -0.39 is 0 Å². The third kappa shape index (κ3) is 2.03. The Morgan fingerprint density at radius 2 is 1.81 bits per heavy atom. The standard InChI is InChI=1S/C18H20N2O/c1-18(2)9-15-17(16(21)10-18)20(11-19-15)14-7-12-5-3-4-6-13(12)8-14/h3-6,11,14H,7-10H2,1-2H3. The first kappa shape index (κ1) is 12.8. The van der Waals surface area contributed by atoms with Crippen molar-refractivity contribution in [3.63, 3.8) is 0 Å². The van der Waals surface area contributed by atoms with Gasteiger partial charge in [-0.05, 0) is 35.8 Å². The Labute approximate surface area is 125 Å². The van der Waals surface area contributed by atoms with E-state index in [-0.39, 0.29) is 11.2 Å². The number of carbonyl (C=O) groups is 1. The summed E-state index contributed by atoms with van der Waals surface area (Å²) < 4.78 is 2.15. The molecule has 0 N–H and O–H groups in total. The van der Waals surface area contributed by atoms with Gasteiger partial charge in [0.1, 0.15) is 5.69 Å². The molecule has 0 bridgehead atoms. The molecule has 108 valence electrons. The average molecular weight is 280 g/mol. The fourth-order valence-electron chi connectivity index (χ4n) is 3.88. The van der Waals surface area contributed by atoms with Gasteiger partial charge in [0.15, 0.2) is 5.78 Å². The molecule has 0 unspecified atom stereocenters. The van der Waals surface area contributed by atoms with Crippen LogP contribution in [-0.2, 0) is 19.3 Å². The summed E-state index contributed by atoms with van der Waals surface area (Å²) in [7, 11) is 0. The molecule has 3 heteroatoms. The number of Topliss-reactive ketones (excluding diaryl/α,β-unsaturated/α-hetero) is 1. The summed E-state index contributed by atoms with van der Waals surface area (Å²) in [6, 6.07) is 8.94. The third-order valence-electron chi connectivity index (χ3n) is 4.84. The number of aromatic nitrogens is 2. The molecule has 0 aliphatic heterocycles. The van der Waals surface area contributed by atoms with Gasteiger partial charge in [-0.15, -0.1) is 0 Å². The summed E-state index contributed by atoms with van der Waals surface area (Å²) in [6.07, 6.45) is 5.44. The highest BCUT2D eigenvalue weighted by Crippen LogP contribution is 2.37. The lowest BCUT2D eigenvalue weighted by atomic mass is 9.77. The molecule has 3 nitrogen and oxygen atoms in total. The molecule has 0 spiro atoms. The van der Waals surface area contributed by atoms with Crippen molar-refractivity contribution in [1.82, 2.24) is 9.55 Å². The number of nitrogens with zero attached hydrogens (tertiary/aromatic N) is 2. The van der Waals surface area contributed by atoms with Crippen molar-refractivity contribution < 1.29 is 4.79 Å². The minimum Gasteiger partial charge on any atom is -0.324 e. The Hall–Kier alpha value is -1.90. The molecule has 0 radical (unpaired) electrons. The zero-order valence-corrected chi connectivity index (χ0v) is 12.6. The number of imidazole rings is 1. The number of fused-ring (bicyclic) bond motifs is 2. The molecule has 21 heavy (non-hydrogen) atoms. The quantitative estimate of drug-likeness (QED) is 0.802. The van der Waals surface area contributed by atoms with Crippen LogP contribution in [0.5, 0.6) is 0 Å². The lowest BCUT2D eigenvalue weighted by Crippen LogP contribution is -2.29. The average Bonchev–Trinajstić information content (AvgIpc) is 2.99. The number of carbonyl (C=O) groups excluding carboxylic acids is 1. The molecule has 2 aliphatic rings. The number of benzene rings is 1. The van der Waals surface area contributed by atoms with E-state index in [0.29, 0.717) is 12.5 Å². The molecule has 0 saturated heterocycles. The normalized spacial score (nSPS) is 20.4. The van der Waals surface area contributed by atoms with Crippen LogP contribution in [0.3, 0.4) is 0 Å². The Morgan fingerprint density at radius 1 is 1.14 bits per heavy atom. The fourth-order valence-corrected chi connectivity index (χ4v) is 3.88. The Bertz CT molecular complexity index is 702. The molecule has 0 atom stereocenters. The molecule has 0 fully saturated rings. The van der Waals surface area contributed by atoms with Crippen LogP contribution in [0.15, 0.2) is 30.6 Å². The van der Waals surface area contributed by atoms with Crippen molar-refractivity contribution in [2.75, 3.05) is 0 Å². The van der Waals surface area contributed by atoms with E-state index in [4.69, 9.17) is 0 Å². The van der Waals surface area contributed by atoms with Crippen LogP contribution >= 0.6 is 0 Å². The summed E-state index contributed by atoms with van der Waals surface area (Å²) >= 11 is 0. The Morgan fingerprint density at radius 3 is 2.48 bits per heavy atom. The smallest absolute Gasteiger partial charge is 0.181 e. The highest BCUT2D eigenvalue weighted by Gasteiger charge is 2.36. The van der Waals surface area contributed by atoms with Gasteiger partial charge < -0.3 is 4.57 Å². The summed E-state index contributed by atoms with van der Waals surface area (Å²) in [5.74, 6) is 0.259. The second-order valence-corrected chi connectivity index (χ2v) is 7.22. The van der Waals surface area contributed by atoms with E-state index in [2.05, 4.69) is 47.7 Å². The van der Waals surface area contributed by atoms with Crippen LogP contribution in [0.4, 0.5) is 0 Å². The first-order valence-electron chi connectivity index (χ1n) is 7.69. The monoisotopic (exact) mass is 280 g/mol. The molecular weight excluding hydrogens is 260 g/mol. The van der Waals surface area contributed by atoms with E-state index >= 15 is 0 Å². The third-order valence-corrected chi connectivity index (χ3v) is 4.84. The zero-order chi connectivity index (χ0) is 14.6. The van der Waals surface area contributed by atoms with E-state index in [9.17, 15) is 4.79 Å². The summed E-state index contributed by atoms with van der Waals surface area (Å²) in [5, 5.41) is 0. The van der Waals surface area contributed by atoms with E-state index in [1.54, 1.807) is 0 Å². The Kier molecular flexibility index (Phi) is 2.62. The molecule has 1 heterocycles. The molecular formula is C18H20N2O. The second-order valence-electron chi connectivity index (χ2n) is 7.22. The van der Waals surface area contributed by atoms with Gasteiger partial charge >= 0.3 is 0 Å². The van der Waals surface area contributed by atoms with Crippen molar-refractivity contribution in [3.05, 3.63) is 53.1 Å². The topological polar surface area (TPSA) is 34.9 Å². The van der Waals surface area contributed by atoms with Gasteiger partial charge in [0, 0.05) is 12.5 Å². The first-order chi connectivity index (χ1) is 10.0. The first-order valence-corrected chi connectivity index (χ1v) is 7.69. The van der Waals surface area contributed by atoms with E-state index in [1.807, 2.05) is 6.33 Å². The molecule has 2 aliphatic carbocycles. The highest BCUT2D eigenvalue weighted by molar-refractivity contribution is 5.97. The van der Waals surface area contributed by atoms with Crippen molar-refractivity contribution in [2.24, 2.45) is 5.41 Å². The summed E-state index contributed by atoms with van der Waals surface area (Å²) in [4.78, 5) is 17.1. The van der Waals surface area contributed by atoms with Crippen LogP contribution in [0.1, 0.15) is 53.6 Å². The maximum absolute atomic E-state index is 12.6. The molecule has 2 aromatic rings. The number of ketones is 1. The minimum absolute atomic E-state index is 0.0436. The van der Waals surface area contributed by atoms with Crippen LogP contribution in [0.25, 0.3) is 0 Å². The van der Waals surface area contributed by atoms with Crippen molar-refractivity contribution in [2.45, 2.75) is 45.6 Å². The van der Waals surface area contributed by atoms with Crippen molar-refractivity contribution >= 4 is 5.78 Å². The van der Waals surface area contributed by atoms with Gasteiger partial charge in [0.2, 0.25) is 0 Å². The number of rotatable bonds is 1. The molecule has 1 aromatic carbocycles. The van der Waals surface area contributed by atoms with Gasteiger partial charge in [-0.25, -0.2) is 4.98 Å². The SMILES string of the molecule is CC1(C)CC(=O)c2c(ncn2C2Cc3ccccc3C2)C1. The number of hydrogen-bond donors (Lipinski definition) is 0. The fraction of sp³-hybridized carbons (Fsp3) is 0.444. The summed E-state index contributed by atoms with van der Waals surface area (Å²) in [5.41, 5.74) is 4.73. The Balaban J connectivity index is 1.71. The van der Waals surface area contributed by atoms with Crippen LogP contribution in [-0.4, -0.2) is 15.3 Å². The van der Waals surface area contributed by atoms with Gasteiger partial charge in [-0.3, -0.25) is 4.79 Å². The number of hydrogen-bond acceptors (Lipinski definition) is 2. The maximum atomic E-state index is 12.6. The molecule has 0 saturated carbocycles. The van der Waals surface area contributed by atoms with E-state index in [1.165, 1.54) is 11.1 Å². The predicted octanol–water partition coefficient (Wildman–Crippen LogP) is 3.38. The molecule has 0 amide bonds. The van der Waals surface area contributed by atoms with Crippen LogP contribution in [0.2, 0.25) is 0 Å². The summed E-state index contributed by atoms with van der Waals surface area (Å²) in [6.45, 7) is 4.30. The zero-order valence-electron chi connectivity index (χ0n) is 12.6. The van der Waals surface area contributed by atoms with Crippen LogP contribution < -0.4 is 0 Å². The van der Waals surface area contributed by atoms with Gasteiger partial charge in [0.25, 0.3) is 0 Å². The van der Waals surface area contributed by atoms with E-state index in [0.717, 1.165) is 30.7 Å². The van der Waals surface area contributed by atoms with Crippen LogP contribution in [0, 0.1) is 5.41 Å². The lowest BCUT2D eigenvalue weighted by Gasteiger charge is -2.29. The molecule has 1 aromatic heterocycles. The maximum Gasteiger partial charge on any atom is 0.181 e.